The fourth-order valence-corrected chi connectivity index (χ4v) is 3.24. The van der Waals surface area contributed by atoms with Crippen LogP contribution < -0.4 is 9.64 Å². The minimum Gasteiger partial charge on any atom is -0.497 e. The van der Waals surface area contributed by atoms with Gasteiger partial charge in [0.05, 0.1) is 25.4 Å². The van der Waals surface area contributed by atoms with Gasteiger partial charge in [0.1, 0.15) is 5.75 Å². The van der Waals surface area contributed by atoms with Gasteiger partial charge in [-0.1, -0.05) is 5.16 Å². The number of carbonyl (C=O) groups is 1. The summed E-state index contributed by atoms with van der Waals surface area (Å²) in [4.78, 5) is 21.0. The number of anilines is 1. The van der Waals surface area contributed by atoms with Crippen LogP contribution in [0.3, 0.4) is 0 Å². The van der Waals surface area contributed by atoms with E-state index in [9.17, 15) is 4.79 Å². The molecule has 0 saturated carbocycles. The molecule has 1 amide bonds. The third kappa shape index (κ3) is 3.96. The summed E-state index contributed by atoms with van der Waals surface area (Å²) in [5.41, 5.74) is 0.886. The van der Waals surface area contributed by atoms with E-state index in [0.29, 0.717) is 24.8 Å². The Morgan fingerprint density at radius 1 is 1.32 bits per heavy atom. The zero-order valence-corrected chi connectivity index (χ0v) is 15.5. The Morgan fingerprint density at radius 3 is 2.76 bits per heavy atom. The number of aromatic nitrogens is 2. The number of thioether (sulfide) groups is 1. The average Bonchev–Trinajstić information content (AvgIpc) is 3.07. The molecule has 1 saturated heterocycles. The molecule has 0 radical (unpaired) electrons. The lowest BCUT2D eigenvalue weighted by molar-refractivity contribution is -0.125. The van der Waals surface area contributed by atoms with E-state index in [-0.39, 0.29) is 11.9 Å². The molecular weight excluding hydrogens is 340 g/mol. The van der Waals surface area contributed by atoms with Crippen LogP contribution in [-0.2, 0) is 17.1 Å². The van der Waals surface area contributed by atoms with E-state index in [1.807, 2.05) is 42.3 Å². The van der Waals surface area contributed by atoms with Crippen molar-refractivity contribution in [3.8, 4) is 5.75 Å². The Bertz CT molecular complexity index is 719. The van der Waals surface area contributed by atoms with Gasteiger partial charge in [-0.15, -0.1) is 0 Å². The second-order valence-electron chi connectivity index (χ2n) is 5.87. The van der Waals surface area contributed by atoms with E-state index in [2.05, 4.69) is 15.0 Å². The molecule has 0 spiro atoms. The third-order valence-corrected chi connectivity index (χ3v) is 4.83. The lowest BCUT2D eigenvalue weighted by Gasteiger charge is -2.38. The fraction of sp³-hybridized carbons (Fsp3) is 0.471. The Labute approximate surface area is 151 Å². The molecule has 1 unspecified atom stereocenters. The fourth-order valence-electron chi connectivity index (χ4n) is 2.86. The molecule has 1 aromatic carbocycles. The van der Waals surface area contributed by atoms with E-state index in [0.717, 1.165) is 23.7 Å². The van der Waals surface area contributed by atoms with Gasteiger partial charge < -0.3 is 14.2 Å². The summed E-state index contributed by atoms with van der Waals surface area (Å²) in [5, 5.41) is 3.95. The van der Waals surface area contributed by atoms with E-state index in [1.165, 1.54) is 0 Å². The van der Waals surface area contributed by atoms with Crippen molar-refractivity contribution in [1.82, 2.24) is 15.0 Å². The summed E-state index contributed by atoms with van der Waals surface area (Å²) >= 11 is 1.65. The van der Waals surface area contributed by atoms with Crippen LogP contribution in [0.15, 0.2) is 28.8 Å². The molecule has 7 nitrogen and oxygen atoms in total. The van der Waals surface area contributed by atoms with Crippen LogP contribution in [0.4, 0.5) is 5.69 Å². The first-order chi connectivity index (χ1) is 12.1. The molecular formula is C17H22N4O3S. The number of piperazine rings is 1. The summed E-state index contributed by atoms with van der Waals surface area (Å²) < 4.78 is 10.5. The quantitative estimate of drug-likeness (QED) is 0.780. The van der Waals surface area contributed by atoms with E-state index < -0.39 is 0 Å². The van der Waals surface area contributed by atoms with Crippen molar-refractivity contribution in [2.24, 2.45) is 0 Å². The van der Waals surface area contributed by atoms with Crippen LogP contribution in [0.25, 0.3) is 0 Å². The van der Waals surface area contributed by atoms with Crippen molar-refractivity contribution in [1.29, 1.82) is 0 Å². The molecule has 1 aliphatic rings. The van der Waals surface area contributed by atoms with Gasteiger partial charge in [-0.25, -0.2) is 0 Å². The predicted molar refractivity (Wildman–Crippen MR) is 96.7 cm³/mol. The number of nitrogens with zero attached hydrogens (tertiary/aromatic N) is 4. The lowest BCUT2D eigenvalue weighted by Crippen LogP contribution is -2.55. The Kier molecular flexibility index (Phi) is 5.60. The molecule has 1 aliphatic heterocycles. The molecule has 134 valence electrons. The summed E-state index contributed by atoms with van der Waals surface area (Å²) in [6, 6.07) is 7.31. The molecule has 1 aromatic heterocycles. The molecule has 0 bridgehead atoms. The molecule has 0 N–H and O–H groups in total. The Balaban J connectivity index is 1.65. The summed E-state index contributed by atoms with van der Waals surface area (Å²) in [7, 11) is 1.63. The second-order valence-corrected chi connectivity index (χ2v) is 6.74. The van der Waals surface area contributed by atoms with E-state index in [4.69, 9.17) is 9.26 Å². The Morgan fingerprint density at radius 2 is 2.08 bits per heavy atom. The smallest absolute Gasteiger partial charge is 0.244 e. The summed E-state index contributed by atoms with van der Waals surface area (Å²) in [6.07, 6.45) is 2.00. The lowest BCUT2D eigenvalue weighted by atomic mass is 10.1. The number of hydrogen-bond acceptors (Lipinski definition) is 7. The van der Waals surface area contributed by atoms with Gasteiger partial charge in [0.2, 0.25) is 11.8 Å². The maximum Gasteiger partial charge on any atom is 0.244 e. The van der Waals surface area contributed by atoms with Crippen molar-refractivity contribution in [2.75, 3.05) is 31.4 Å². The molecule has 25 heavy (non-hydrogen) atoms. The highest BCUT2D eigenvalue weighted by Crippen LogP contribution is 2.24. The number of ether oxygens (including phenoxy) is 1. The maximum atomic E-state index is 12.8. The molecule has 2 aromatic rings. The topological polar surface area (TPSA) is 71.7 Å². The molecule has 1 atom stereocenters. The first-order valence-corrected chi connectivity index (χ1v) is 9.51. The normalized spacial score (nSPS) is 18.6. The number of methoxy groups -OCH3 is 1. The highest BCUT2D eigenvalue weighted by Gasteiger charge is 2.33. The summed E-state index contributed by atoms with van der Waals surface area (Å²) in [6.45, 7) is 3.78. The van der Waals surface area contributed by atoms with Gasteiger partial charge in [0.15, 0.2) is 5.82 Å². The minimum absolute atomic E-state index is 0.0697. The number of carbonyl (C=O) groups excluding carboxylic acids is 1. The highest BCUT2D eigenvalue weighted by molar-refractivity contribution is 7.97. The SMILES string of the molecule is COc1ccc(N2CCN(Cc3nc(CSC)no3)C(C)C2=O)cc1. The number of rotatable bonds is 6. The van der Waals surface area contributed by atoms with Gasteiger partial charge in [-0.2, -0.15) is 16.7 Å². The number of hydrogen-bond donors (Lipinski definition) is 0. The molecule has 1 fully saturated rings. The predicted octanol–water partition coefficient (Wildman–Crippen LogP) is 2.18. The van der Waals surface area contributed by atoms with Crippen molar-refractivity contribution in [2.45, 2.75) is 25.3 Å². The van der Waals surface area contributed by atoms with Crippen LogP contribution in [0.5, 0.6) is 5.75 Å². The van der Waals surface area contributed by atoms with E-state index in [1.54, 1.807) is 18.9 Å². The molecule has 2 heterocycles. The largest absolute Gasteiger partial charge is 0.497 e. The number of benzene rings is 1. The van der Waals surface area contributed by atoms with Gasteiger partial charge in [0, 0.05) is 18.8 Å². The first-order valence-electron chi connectivity index (χ1n) is 8.12. The highest BCUT2D eigenvalue weighted by atomic mass is 32.2. The molecule has 0 aliphatic carbocycles. The standard InChI is InChI=1S/C17H22N4O3S/c1-12-17(22)21(13-4-6-14(23-2)7-5-13)9-8-20(12)10-16-18-15(11-25-3)19-24-16/h4-7,12H,8-11H2,1-3H3. The van der Waals surface area contributed by atoms with Crippen LogP contribution in [-0.4, -0.2) is 53.4 Å². The zero-order valence-electron chi connectivity index (χ0n) is 14.6. The zero-order chi connectivity index (χ0) is 17.8. The average molecular weight is 362 g/mol. The van der Waals surface area contributed by atoms with Crippen LogP contribution in [0.2, 0.25) is 0 Å². The van der Waals surface area contributed by atoms with Crippen LogP contribution in [0, 0.1) is 0 Å². The monoisotopic (exact) mass is 362 g/mol. The number of amides is 1. The van der Waals surface area contributed by atoms with Gasteiger partial charge in [-0.05, 0) is 37.4 Å². The Hall–Kier alpha value is -2.06. The molecule has 8 heteroatoms. The maximum absolute atomic E-state index is 12.8. The first kappa shape index (κ1) is 17.8. The van der Waals surface area contributed by atoms with E-state index >= 15 is 0 Å². The molecule has 3 rings (SSSR count). The van der Waals surface area contributed by atoms with Crippen molar-refractivity contribution in [3.63, 3.8) is 0 Å². The second kappa shape index (κ2) is 7.88. The summed E-state index contributed by atoms with van der Waals surface area (Å²) in [5.74, 6) is 2.82. The van der Waals surface area contributed by atoms with Gasteiger partial charge in [-0.3, -0.25) is 9.69 Å². The van der Waals surface area contributed by atoms with Gasteiger partial charge >= 0.3 is 0 Å². The van der Waals surface area contributed by atoms with Crippen molar-refractivity contribution in [3.05, 3.63) is 36.0 Å². The minimum atomic E-state index is -0.244. The van der Waals surface area contributed by atoms with Crippen molar-refractivity contribution >= 4 is 23.4 Å². The van der Waals surface area contributed by atoms with Crippen LogP contribution >= 0.6 is 11.8 Å². The third-order valence-electron chi connectivity index (χ3n) is 4.29. The van der Waals surface area contributed by atoms with Crippen molar-refractivity contribution < 1.29 is 14.1 Å². The van der Waals surface area contributed by atoms with Gasteiger partial charge in [0.25, 0.3) is 0 Å². The van der Waals surface area contributed by atoms with Crippen LogP contribution in [0.1, 0.15) is 18.6 Å².